The summed E-state index contributed by atoms with van der Waals surface area (Å²) in [6.45, 7) is 0. The maximum atomic E-state index is 9.32. The first-order valence-corrected chi connectivity index (χ1v) is 12.9. The van der Waals surface area contributed by atoms with E-state index in [9.17, 15) is 5.26 Å². The molecule has 7 aromatic rings. The lowest BCUT2D eigenvalue weighted by Crippen LogP contribution is -2.01. The molecular formula is C34H19N7. The van der Waals surface area contributed by atoms with Crippen LogP contribution in [0.15, 0.2) is 116 Å². The van der Waals surface area contributed by atoms with Crippen molar-refractivity contribution in [2.24, 2.45) is 0 Å². The second kappa shape index (κ2) is 9.85. The van der Waals surface area contributed by atoms with Gasteiger partial charge in [0.15, 0.2) is 11.6 Å². The molecule has 7 heteroatoms. The molecule has 0 radical (unpaired) electrons. The predicted octanol–water partition coefficient (Wildman–Crippen LogP) is 7.11. The molecule has 0 aliphatic carbocycles. The SMILES string of the molecule is N#Cc1cnc(-c2ccc(-n3c4ccccc4c4ccc(-c5ccccc5)cc43)c(-c3ncc(C#N)cn3)c2)nc1. The second-order valence-electron chi connectivity index (χ2n) is 9.50. The number of hydrogen-bond donors (Lipinski definition) is 0. The average molecular weight is 526 g/mol. The number of nitriles is 2. The van der Waals surface area contributed by atoms with Gasteiger partial charge < -0.3 is 4.57 Å². The van der Waals surface area contributed by atoms with Crippen molar-refractivity contribution >= 4 is 21.8 Å². The van der Waals surface area contributed by atoms with Crippen LogP contribution in [0, 0.1) is 22.7 Å². The Balaban J connectivity index is 1.52. The van der Waals surface area contributed by atoms with E-state index in [1.807, 2.05) is 48.5 Å². The fourth-order valence-corrected chi connectivity index (χ4v) is 5.15. The van der Waals surface area contributed by atoms with Crippen molar-refractivity contribution in [2.75, 3.05) is 0 Å². The first kappa shape index (κ1) is 23.9. The summed E-state index contributed by atoms with van der Waals surface area (Å²) in [6.07, 6.45) is 6.06. The monoisotopic (exact) mass is 525 g/mol. The van der Waals surface area contributed by atoms with Crippen LogP contribution in [0.4, 0.5) is 0 Å². The Hall–Kier alpha value is -6.18. The molecule has 7 nitrogen and oxygen atoms in total. The van der Waals surface area contributed by atoms with E-state index in [1.54, 1.807) is 0 Å². The maximum absolute atomic E-state index is 9.32. The zero-order chi connectivity index (χ0) is 27.8. The van der Waals surface area contributed by atoms with Crippen molar-refractivity contribution < 1.29 is 0 Å². The first-order valence-electron chi connectivity index (χ1n) is 12.9. The lowest BCUT2D eigenvalue weighted by Gasteiger charge is -2.15. The van der Waals surface area contributed by atoms with Gasteiger partial charge >= 0.3 is 0 Å². The van der Waals surface area contributed by atoms with Gasteiger partial charge in [-0.2, -0.15) is 10.5 Å². The Morgan fingerprint density at radius 3 is 1.83 bits per heavy atom. The number of rotatable bonds is 4. The number of fused-ring (bicyclic) bond motifs is 3. The van der Waals surface area contributed by atoms with Crippen LogP contribution < -0.4 is 0 Å². The summed E-state index contributed by atoms with van der Waals surface area (Å²) < 4.78 is 2.23. The largest absolute Gasteiger partial charge is 0.308 e. The first-order chi connectivity index (χ1) is 20.2. The summed E-state index contributed by atoms with van der Waals surface area (Å²) in [5, 5.41) is 20.8. The van der Waals surface area contributed by atoms with Crippen molar-refractivity contribution in [1.82, 2.24) is 24.5 Å². The van der Waals surface area contributed by atoms with Gasteiger partial charge in [-0.3, -0.25) is 0 Å². The molecule has 7 rings (SSSR count). The number of benzene rings is 4. The van der Waals surface area contributed by atoms with E-state index in [2.05, 4.69) is 79.1 Å². The molecule has 0 bridgehead atoms. The minimum Gasteiger partial charge on any atom is -0.308 e. The van der Waals surface area contributed by atoms with Gasteiger partial charge in [0.2, 0.25) is 0 Å². The van der Waals surface area contributed by atoms with Gasteiger partial charge in [-0.1, -0.05) is 60.7 Å². The average Bonchev–Trinajstić information content (AvgIpc) is 3.38. The van der Waals surface area contributed by atoms with E-state index in [4.69, 9.17) is 5.26 Å². The van der Waals surface area contributed by atoms with Crippen LogP contribution in [0.5, 0.6) is 0 Å². The highest BCUT2D eigenvalue weighted by molar-refractivity contribution is 6.10. The highest BCUT2D eigenvalue weighted by atomic mass is 15.0. The topological polar surface area (TPSA) is 104 Å². The summed E-state index contributed by atoms with van der Waals surface area (Å²) in [6, 6.07) is 35.3. The van der Waals surface area contributed by atoms with E-state index in [0.717, 1.165) is 49.7 Å². The molecular weight excluding hydrogens is 506 g/mol. The van der Waals surface area contributed by atoms with Crippen LogP contribution in [0.1, 0.15) is 11.1 Å². The van der Waals surface area contributed by atoms with Gasteiger partial charge in [-0.15, -0.1) is 0 Å². The Labute approximate surface area is 235 Å². The van der Waals surface area contributed by atoms with Crippen molar-refractivity contribution in [3.8, 4) is 51.7 Å². The molecule has 0 saturated heterocycles. The summed E-state index contributed by atoms with van der Waals surface area (Å²) in [5.74, 6) is 0.957. The molecule has 0 aliphatic rings. The van der Waals surface area contributed by atoms with Crippen LogP contribution in [0.25, 0.3) is 61.4 Å². The van der Waals surface area contributed by atoms with Gasteiger partial charge in [0.1, 0.15) is 12.1 Å². The molecule has 0 atom stereocenters. The summed E-state index contributed by atoms with van der Waals surface area (Å²) in [4.78, 5) is 17.9. The molecule has 0 fully saturated rings. The van der Waals surface area contributed by atoms with Crippen LogP contribution in [0.2, 0.25) is 0 Å². The van der Waals surface area contributed by atoms with Gasteiger partial charge in [0.25, 0.3) is 0 Å². The fourth-order valence-electron chi connectivity index (χ4n) is 5.15. The van der Waals surface area contributed by atoms with Crippen LogP contribution in [-0.4, -0.2) is 24.5 Å². The van der Waals surface area contributed by atoms with Crippen molar-refractivity contribution in [1.29, 1.82) is 10.5 Å². The minimum atomic E-state index is 0.381. The lowest BCUT2D eigenvalue weighted by atomic mass is 10.0. The standard InChI is InChI=1S/C34H19N7/c35-16-22-18-37-33(38-19-22)26-11-13-31(29(14-26)34-39-20-23(17-36)21-40-34)41-30-9-5-4-8-27(30)28-12-10-25(15-32(28)41)24-6-2-1-3-7-24/h1-15,18-21H. The van der Waals surface area contributed by atoms with Crippen molar-refractivity contribution in [2.45, 2.75) is 0 Å². The molecule has 0 unspecified atom stereocenters. The fraction of sp³-hybridized carbons (Fsp3) is 0. The molecule has 3 aromatic heterocycles. The molecule has 3 heterocycles. The molecule has 0 N–H and O–H groups in total. The highest BCUT2D eigenvalue weighted by Crippen LogP contribution is 2.38. The quantitative estimate of drug-likeness (QED) is 0.243. The molecule has 0 amide bonds. The van der Waals surface area contributed by atoms with E-state index in [1.165, 1.54) is 24.8 Å². The maximum Gasteiger partial charge on any atom is 0.161 e. The molecule has 190 valence electrons. The normalized spacial score (nSPS) is 10.9. The zero-order valence-electron chi connectivity index (χ0n) is 21.6. The van der Waals surface area contributed by atoms with E-state index in [-0.39, 0.29) is 0 Å². The Morgan fingerprint density at radius 1 is 0.512 bits per heavy atom. The Morgan fingerprint density at radius 2 is 1.12 bits per heavy atom. The summed E-state index contributed by atoms with van der Waals surface area (Å²) >= 11 is 0. The number of hydrogen-bond acceptors (Lipinski definition) is 6. The third kappa shape index (κ3) is 4.15. The van der Waals surface area contributed by atoms with Crippen molar-refractivity contribution in [3.05, 3.63) is 127 Å². The highest BCUT2D eigenvalue weighted by Gasteiger charge is 2.19. The number of nitrogens with zero attached hydrogens (tertiary/aromatic N) is 7. The molecule has 0 aliphatic heterocycles. The predicted molar refractivity (Wildman–Crippen MR) is 158 cm³/mol. The van der Waals surface area contributed by atoms with E-state index < -0.39 is 0 Å². The third-order valence-corrected chi connectivity index (χ3v) is 7.08. The second-order valence-corrected chi connectivity index (χ2v) is 9.50. The van der Waals surface area contributed by atoms with E-state index >= 15 is 0 Å². The number of aromatic nitrogens is 5. The molecule has 0 saturated carbocycles. The van der Waals surface area contributed by atoms with Crippen LogP contribution in [0.3, 0.4) is 0 Å². The third-order valence-electron chi connectivity index (χ3n) is 7.08. The van der Waals surface area contributed by atoms with Gasteiger partial charge in [0.05, 0.1) is 27.8 Å². The molecule has 41 heavy (non-hydrogen) atoms. The van der Waals surface area contributed by atoms with Crippen molar-refractivity contribution in [3.63, 3.8) is 0 Å². The smallest absolute Gasteiger partial charge is 0.161 e. The molecule has 0 spiro atoms. The molecule has 4 aromatic carbocycles. The number of para-hydroxylation sites is 1. The van der Waals surface area contributed by atoms with Gasteiger partial charge in [-0.25, -0.2) is 19.9 Å². The van der Waals surface area contributed by atoms with Gasteiger partial charge in [-0.05, 0) is 41.5 Å². The summed E-state index contributed by atoms with van der Waals surface area (Å²) in [5.41, 5.74) is 7.50. The van der Waals surface area contributed by atoms with E-state index in [0.29, 0.717) is 22.8 Å². The Bertz CT molecular complexity index is 2150. The van der Waals surface area contributed by atoms with Gasteiger partial charge in [0, 0.05) is 46.7 Å². The Kier molecular flexibility index (Phi) is 5.74. The zero-order valence-corrected chi connectivity index (χ0v) is 21.6. The van der Waals surface area contributed by atoms with Crippen LogP contribution in [-0.2, 0) is 0 Å². The van der Waals surface area contributed by atoms with Crippen LogP contribution >= 0.6 is 0 Å². The lowest BCUT2D eigenvalue weighted by molar-refractivity contribution is 1.12. The summed E-state index contributed by atoms with van der Waals surface area (Å²) in [7, 11) is 0. The minimum absolute atomic E-state index is 0.381.